The Kier molecular flexibility index (Phi) is 7.45. The van der Waals surface area contributed by atoms with Gasteiger partial charge in [-0.05, 0) is 31.6 Å². The second-order valence-electron chi connectivity index (χ2n) is 4.34. The van der Waals surface area contributed by atoms with Gasteiger partial charge in [0.05, 0.1) is 22.2 Å². The smallest absolute Gasteiger partial charge is 0.321 e. The number of carbonyl (C=O) groups is 2. The van der Waals surface area contributed by atoms with Gasteiger partial charge in [0.2, 0.25) is 5.91 Å². The average Bonchev–Trinajstić information content (AvgIpc) is 2.42. The van der Waals surface area contributed by atoms with Crippen LogP contribution in [0.2, 0.25) is 10.0 Å². The number of aliphatic carboxylic acids is 1. The molecule has 0 saturated carbocycles. The van der Waals surface area contributed by atoms with Crippen LogP contribution in [0, 0.1) is 0 Å². The number of nitrogens with one attached hydrogen (secondary N) is 2. The molecule has 1 aromatic carbocycles. The van der Waals surface area contributed by atoms with Crippen molar-refractivity contribution in [2.24, 2.45) is 5.73 Å². The first-order valence-corrected chi connectivity index (χ1v) is 7.11. The first kappa shape index (κ1) is 17.7. The van der Waals surface area contributed by atoms with Crippen LogP contribution in [0.3, 0.4) is 0 Å². The predicted octanol–water partition coefficient (Wildman–Crippen LogP) is 1.71. The second kappa shape index (κ2) is 8.84. The Bertz CT molecular complexity index is 491. The van der Waals surface area contributed by atoms with Crippen LogP contribution >= 0.6 is 23.2 Å². The summed E-state index contributed by atoms with van der Waals surface area (Å²) >= 11 is 11.9. The lowest BCUT2D eigenvalue weighted by Crippen LogP contribution is -2.40. The van der Waals surface area contributed by atoms with E-state index in [0.29, 0.717) is 29.6 Å². The van der Waals surface area contributed by atoms with Crippen molar-refractivity contribution in [2.45, 2.75) is 18.9 Å². The molecule has 0 heterocycles. The van der Waals surface area contributed by atoms with Crippen molar-refractivity contribution in [3.8, 4) is 0 Å². The molecule has 6 nitrogen and oxygen atoms in total. The van der Waals surface area contributed by atoms with Crippen molar-refractivity contribution >= 4 is 40.8 Å². The van der Waals surface area contributed by atoms with Crippen LogP contribution < -0.4 is 16.4 Å². The summed E-state index contributed by atoms with van der Waals surface area (Å²) in [4.78, 5) is 23.0. The maximum atomic E-state index is 11.9. The van der Waals surface area contributed by atoms with Gasteiger partial charge in [0.25, 0.3) is 0 Å². The van der Waals surface area contributed by atoms with Gasteiger partial charge in [0.15, 0.2) is 0 Å². The summed E-state index contributed by atoms with van der Waals surface area (Å²) in [7, 11) is 0. The first-order chi connectivity index (χ1) is 9.95. The van der Waals surface area contributed by atoms with E-state index in [9.17, 15) is 9.59 Å². The topological polar surface area (TPSA) is 104 Å². The number of carbonyl (C=O) groups excluding carboxylic acids is 1. The van der Waals surface area contributed by atoms with Crippen LogP contribution in [0.1, 0.15) is 12.8 Å². The molecule has 0 aliphatic heterocycles. The van der Waals surface area contributed by atoms with Crippen LogP contribution in [0.25, 0.3) is 0 Å². The van der Waals surface area contributed by atoms with Gasteiger partial charge in [-0.3, -0.25) is 9.59 Å². The van der Waals surface area contributed by atoms with E-state index in [2.05, 4.69) is 10.6 Å². The molecule has 0 aliphatic carbocycles. The molecule has 116 valence electrons. The van der Waals surface area contributed by atoms with E-state index in [1.54, 1.807) is 18.2 Å². The van der Waals surface area contributed by atoms with Crippen LogP contribution in [-0.2, 0) is 9.59 Å². The van der Waals surface area contributed by atoms with Gasteiger partial charge in [-0.15, -0.1) is 0 Å². The number of halogens is 2. The average molecular weight is 334 g/mol. The van der Waals surface area contributed by atoms with Gasteiger partial charge in [-0.2, -0.15) is 0 Å². The molecule has 1 atom stereocenters. The Morgan fingerprint density at radius 3 is 2.43 bits per heavy atom. The molecule has 1 rings (SSSR count). The van der Waals surface area contributed by atoms with Gasteiger partial charge in [0.1, 0.15) is 6.04 Å². The number of hydrogen-bond acceptors (Lipinski definition) is 4. The summed E-state index contributed by atoms with van der Waals surface area (Å²) in [6.45, 7) is 0.869. The first-order valence-electron chi connectivity index (χ1n) is 6.35. The molecule has 8 heteroatoms. The van der Waals surface area contributed by atoms with Crippen molar-refractivity contribution < 1.29 is 14.7 Å². The van der Waals surface area contributed by atoms with E-state index in [4.69, 9.17) is 34.0 Å². The Hall–Kier alpha value is -1.34. The maximum absolute atomic E-state index is 11.9. The largest absolute Gasteiger partial charge is 0.480 e. The van der Waals surface area contributed by atoms with E-state index in [1.807, 2.05) is 0 Å². The van der Waals surface area contributed by atoms with Gasteiger partial charge < -0.3 is 21.5 Å². The maximum Gasteiger partial charge on any atom is 0.321 e. The van der Waals surface area contributed by atoms with Crippen LogP contribution in [0.4, 0.5) is 5.69 Å². The lowest BCUT2D eigenvalue weighted by atomic mass is 10.2. The van der Waals surface area contributed by atoms with E-state index in [0.717, 1.165) is 0 Å². The Labute approximate surface area is 132 Å². The van der Waals surface area contributed by atoms with Gasteiger partial charge in [-0.25, -0.2) is 0 Å². The molecule has 1 aromatic rings. The summed E-state index contributed by atoms with van der Waals surface area (Å²) in [6.07, 6.45) is 0.392. The molecular weight excluding hydrogens is 317 g/mol. The SMILES string of the molecule is NCCCN[C@H](CC(=O)Nc1c(Cl)cccc1Cl)C(=O)O. The van der Waals surface area contributed by atoms with E-state index >= 15 is 0 Å². The Balaban J connectivity index is 2.63. The van der Waals surface area contributed by atoms with Crippen molar-refractivity contribution in [1.29, 1.82) is 0 Å². The lowest BCUT2D eigenvalue weighted by Gasteiger charge is -2.15. The summed E-state index contributed by atoms with van der Waals surface area (Å²) in [5.74, 6) is -1.59. The minimum atomic E-state index is -1.10. The third-order valence-corrected chi connectivity index (χ3v) is 3.32. The molecule has 0 unspecified atom stereocenters. The standard InChI is InChI=1S/C13H17Cl2N3O3/c14-8-3-1-4-9(15)12(8)18-11(19)7-10(13(20)21)17-6-2-5-16/h1,3-4,10,17H,2,5-7,16H2,(H,18,19)(H,20,21)/t10-/m1/s1. The molecule has 0 aromatic heterocycles. The monoisotopic (exact) mass is 333 g/mol. The highest BCUT2D eigenvalue weighted by molar-refractivity contribution is 6.39. The van der Waals surface area contributed by atoms with E-state index < -0.39 is 17.9 Å². The number of rotatable bonds is 8. The van der Waals surface area contributed by atoms with Gasteiger partial charge in [-0.1, -0.05) is 29.3 Å². The molecule has 0 saturated heterocycles. The molecule has 1 amide bonds. The number of nitrogens with two attached hydrogens (primary N) is 1. The molecule has 21 heavy (non-hydrogen) atoms. The van der Waals surface area contributed by atoms with Crippen molar-refractivity contribution in [2.75, 3.05) is 18.4 Å². The zero-order valence-electron chi connectivity index (χ0n) is 11.2. The fourth-order valence-electron chi connectivity index (χ4n) is 1.62. The number of benzene rings is 1. The summed E-state index contributed by atoms with van der Waals surface area (Å²) in [5.41, 5.74) is 5.61. The fraction of sp³-hybridized carbons (Fsp3) is 0.385. The van der Waals surface area contributed by atoms with E-state index in [-0.39, 0.29) is 12.1 Å². The Morgan fingerprint density at radius 2 is 1.90 bits per heavy atom. The number of para-hydroxylation sites is 1. The molecule has 0 spiro atoms. The number of carboxylic acid groups (broad SMARTS) is 1. The van der Waals surface area contributed by atoms with Crippen LogP contribution in [0.5, 0.6) is 0 Å². The van der Waals surface area contributed by atoms with Crippen LogP contribution in [-0.4, -0.2) is 36.1 Å². The number of anilines is 1. The quantitative estimate of drug-likeness (QED) is 0.542. The normalized spacial score (nSPS) is 12.0. The summed E-state index contributed by atoms with van der Waals surface area (Å²) < 4.78 is 0. The molecule has 0 bridgehead atoms. The number of amides is 1. The summed E-state index contributed by atoms with van der Waals surface area (Å²) in [6, 6.07) is 3.82. The minimum Gasteiger partial charge on any atom is -0.480 e. The highest BCUT2D eigenvalue weighted by Crippen LogP contribution is 2.29. The third-order valence-electron chi connectivity index (χ3n) is 2.69. The van der Waals surface area contributed by atoms with Crippen LogP contribution in [0.15, 0.2) is 18.2 Å². The zero-order chi connectivity index (χ0) is 15.8. The van der Waals surface area contributed by atoms with E-state index in [1.165, 1.54) is 0 Å². The number of hydrogen-bond donors (Lipinski definition) is 4. The fourth-order valence-corrected chi connectivity index (χ4v) is 2.11. The molecular formula is C13H17Cl2N3O3. The highest BCUT2D eigenvalue weighted by Gasteiger charge is 2.21. The molecule has 5 N–H and O–H groups in total. The number of carboxylic acids is 1. The lowest BCUT2D eigenvalue weighted by molar-refractivity contribution is -0.141. The van der Waals surface area contributed by atoms with Gasteiger partial charge >= 0.3 is 5.97 Å². The third kappa shape index (κ3) is 5.89. The minimum absolute atomic E-state index is 0.235. The van der Waals surface area contributed by atoms with Crippen molar-refractivity contribution in [1.82, 2.24) is 5.32 Å². The molecule has 0 radical (unpaired) electrons. The summed E-state index contributed by atoms with van der Waals surface area (Å²) in [5, 5.41) is 14.9. The van der Waals surface area contributed by atoms with Gasteiger partial charge in [0, 0.05) is 0 Å². The second-order valence-corrected chi connectivity index (χ2v) is 5.15. The zero-order valence-corrected chi connectivity index (χ0v) is 12.7. The predicted molar refractivity (Wildman–Crippen MR) is 82.8 cm³/mol. The molecule has 0 fully saturated rings. The van der Waals surface area contributed by atoms with Crippen molar-refractivity contribution in [3.63, 3.8) is 0 Å². The van der Waals surface area contributed by atoms with Crippen molar-refractivity contribution in [3.05, 3.63) is 28.2 Å². The Morgan fingerprint density at radius 1 is 1.29 bits per heavy atom. The highest BCUT2D eigenvalue weighted by atomic mass is 35.5. The molecule has 0 aliphatic rings.